The van der Waals surface area contributed by atoms with Crippen molar-refractivity contribution in [2.75, 3.05) is 45.3 Å². The molecule has 0 aromatic heterocycles. The van der Waals surface area contributed by atoms with Gasteiger partial charge in [0.2, 0.25) is 0 Å². The van der Waals surface area contributed by atoms with Gasteiger partial charge in [0, 0.05) is 50.2 Å². The lowest BCUT2D eigenvalue weighted by Crippen LogP contribution is -2.60. The Balaban J connectivity index is 1.63. The average Bonchev–Trinajstić information content (AvgIpc) is 3.52. The number of hydrogen-bond acceptors (Lipinski definition) is 7. The first-order valence-electron chi connectivity index (χ1n) is 14.1. The van der Waals surface area contributed by atoms with Crippen LogP contribution in [0.25, 0.3) is 0 Å². The second-order valence-electron chi connectivity index (χ2n) is 11.0. The van der Waals surface area contributed by atoms with Gasteiger partial charge in [0.15, 0.2) is 4.90 Å². The summed E-state index contributed by atoms with van der Waals surface area (Å²) in [4.78, 5) is 10.0. The molecule has 0 spiro atoms. The molecule has 2 aliphatic rings. The van der Waals surface area contributed by atoms with Crippen LogP contribution in [0.2, 0.25) is 0 Å². The van der Waals surface area contributed by atoms with E-state index in [9.17, 15) is 21.6 Å². The molecular weight excluding hydrogens is 605 g/mol. The molecule has 8 nitrogen and oxygen atoms in total. The van der Waals surface area contributed by atoms with Crippen LogP contribution in [-0.2, 0) is 27.4 Å². The minimum atomic E-state index is -4.70. The number of likely N-dealkylation sites (N-methyl/N-ethyl adjacent to an activating group) is 1. The summed E-state index contributed by atoms with van der Waals surface area (Å²) in [7, 11) is -1.29. The third-order valence-corrected chi connectivity index (χ3v) is 9.70. The minimum absolute atomic E-state index is 0.0713. The summed E-state index contributed by atoms with van der Waals surface area (Å²) in [5, 5.41) is 0. The average molecular weight is 642 g/mol. The van der Waals surface area contributed by atoms with E-state index < -0.39 is 43.8 Å². The number of halogens is 5. The van der Waals surface area contributed by atoms with E-state index in [4.69, 9.17) is 4.74 Å². The molecular formula is C30H36F5N5O3S. The van der Waals surface area contributed by atoms with E-state index in [1.807, 2.05) is 11.8 Å². The fourth-order valence-corrected chi connectivity index (χ4v) is 7.08. The normalized spacial score (nSPS) is 21.8. The summed E-state index contributed by atoms with van der Waals surface area (Å²) in [6.07, 6.45) is 0.956. The predicted molar refractivity (Wildman–Crippen MR) is 160 cm³/mol. The molecule has 2 aromatic carbocycles. The van der Waals surface area contributed by atoms with Crippen molar-refractivity contribution in [1.29, 1.82) is 0 Å². The fraction of sp³-hybridized carbons (Fsp3) is 0.467. The molecule has 0 aliphatic carbocycles. The van der Waals surface area contributed by atoms with Gasteiger partial charge in [0.05, 0.1) is 12.2 Å². The zero-order valence-corrected chi connectivity index (χ0v) is 25.4. The predicted octanol–water partition coefficient (Wildman–Crippen LogP) is 5.20. The van der Waals surface area contributed by atoms with E-state index in [1.54, 1.807) is 11.0 Å². The maximum Gasteiger partial charge on any atom is 0.416 e. The van der Waals surface area contributed by atoms with Crippen LogP contribution in [-0.4, -0.2) is 78.2 Å². The van der Waals surface area contributed by atoms with Crippen molar-refractivity contribution in [3.05, 3.63) is 71.1 Å². The van der Waals surface area contributed by atoms with Crippen molar-refractivity contribution >= 4 is 28.6 Å². The molecule has 4 rings (SSSR count). The lowest BCUT2D eigenvalue weighted by atomic mass is 9.80. The highest BCUT2D eigenvalue weighted by Gasteiger charge is 2.43. The Bertz CT molecular complexity index is 1490. The molecule has 0 unspecified atom stereocenters. The SMILES string of the molecule is C=N/C(=C\C=NC)NS(=O)(=O)c1c(F)cc(N2CCC[C@@](CCc3cccc(C(F)(F)F)c3)(N(C)[C@H]3CCOC3)C2)cc1F. The van der Waals surface area contributed by atoms with Gasteiger partial charge in [-0.3, -0.25) is 14.6 Å². The number of ether oxygens (including phenoxy) is 1. The van der Waals surface area contributed by atoms with E-state index >= 15 is 8.78 Å². The number of piperidine rings is 1. The topological polar surface area (TPSA) is 86.6 Å². The highest BCUT2D eigenvalue weighted by Crippen LogP contribution is 2.38. The third kappa shape index (κ3) is 7.64. The summed E-state index contributed by atoms with van der Waals surface area (Å²) in [5.74, 6) is -2.82. The summed E-state index contributed by atoms with van der Waals surface area (Å²) < 4.78 is 104. The Morgan fingerprint density at radius 1 is 1.25 bits per heavy atom. The Morgan fingerprint density at radius 3 is 2.59 bits per heavy atom. The standard InChI is InChI=1S/C30H36F5N5O3S/c1-36-13-9-27(37-2)38-44(41,42)28-25(31)17-24(18-26(28)32)40-14-5-11-29(20-40,39(3)23-10-15-43-19-23)12-8-21-6-4-7-22(16-21)30(33,34)35/h4,6-7,9,13,16-18,23,38H,2,5,8,10-12,14-15,19-20H2,1,3H3/b27-9+,36-13?/t23-,29-/m0/s1. The van der Waals surface area contributed by atoms with Gasteiger partial charge >= 0.3 is 6.18 Å². The Morgan fingerprint density at radius 2 is 1.98 bits per heavy atom. The Hall–Kier alpha value is -3.36. The number of hydrogen-bond donors (Lipinski definition) is 1. The van der Waals surface area contributed by atoms with Crippen LogP contribution in [0.5, 0.6) is 0 Å². The molecule has 240 valence electrons. The van der Waals surface area contributed by atoms with Crippen molar-refractivity contribution < 1.29 is 35.1 Å². The van der Waals surface area contributed by atoms with Gasteiger partial charge in [0.1, 0.15) is 17.5 Å². The number of aliphatic imine (C=N–C) groups is 2. The number of sulfonamides is 1. The monoisotopic (exact) mass is 641 g/mol. The first-order valence-corrected chi connectivity index (χ1v) is 15.6. The van der Waals surface area contributed by atoms with Crippen LogP contribution in [0.3, 0.4) is 0 Å². The van der Waals surface area contributed by atoms with Crippen molar-refractivity contribution in [2.45, 2.75) is 54.8 Å². The number of benzene rings is 2. The maximum atomic E-state index is 15.4. The smallest absolute Gasteiger partial charge is 0.380 e. The molecule has 2 aliphatic heterocycles. The van der Waals surface area contributed by atoms with Crippen LogP contribution >= 0.6 is 0 Å². The van der Waals surface area contributed by atoms with E-state index in [2.05, 4.69) is 21.6 Å². The number of nitrogens with one attached hydrogen (secondary N) is 1. The van der Waals surface area contributed by atoms with Crippen LogP contribution in [0.1, 0.15) is 36.8 Å². The molecule has 0 saturated carbocycles. The van der Waals surface area contributed by atoms with Gasteiger partial charge in [0.25, 0.3) is 10.0 Å². The zero-order valence-electron chi connectivity index (χ0n) is 24.6. The molecule has 0 radical (unpaired) electrons. The van der Waals surface area contributed by atoms with E-state index in [0.29, 0.717) is 57.6 Å². The van der Waals surface area contributed by atoms with Crippen LogP contribution in [0.15, 0.2) is 63.2 Å². The lowest BCUT2D eigenvalue weighted by molar-refractivity contribution is -0.137. The van der Waals surface area contributed by atoms with Gasteiger partial charge in [-0.1, -0.05) is 18.2 Å². The molecule has 44 heavy (non-hydrogen) atoms. The number of anilines is 1. The summed E-state index contributed by atoms with van der Waals surface area (Å²) in [6.45, 7) is 5.13. The molecule has 2 heterocycles. The molecule has 0 amide bonds. The molecule has 2 saturated heterocycles. The Kier molecular flexibility index (Phi) is 10.5. The van der Waals surface area contributed by atoms with Crippen LogP contribution < -0.4 is 9.62 Å². The zero-order chi connectivity index (χ0) is 32.1. The van der Waals surface area contributed by atoms with Crippen molar-refractivity contribution in [2.24, 2.45) is 9.98 Å². The van der Waals surface area contributed by atoms with Gasteiger partial charge in [-0.2, -0.15) is 13.2 Å². The minimum Gasteiger partial charge on any atom is -0.380 e. The highest BCUT2D eigenvalue weighted by molar-refractivity contribution is 7.89. The summed E-state index contributed by atoms with van der Waals surface area (Å²) >= 11 is 0. The third-order valence-electron chi connectivity index (χ3n) is 8.30. The largest absolute Gasteiger partial charge is 0.416 e. The van der Waals surface area contributed by atoms with Crippen molar-refractivity contribution in [3.63, 3.8) is 0 Å². The first-order chi connectivity index (χ1) is 20.8. The highest BCUT2D eigenvalue weighted by atomic mass is 32.2. The van der Waals surface area contributed by atoms with E-state index in [1.165, 1.54) is 25.4 Å². The number of aryl methyl sites for hydroxylation is 1. The number of allylic oxidation sites excluding steroid dienone is 1. The van der Waals surface area contributed by atoms with Gasteiger partial charge in [-0.15, -0.1) is 0 Å². The maximum absolute atomic E-state index is 15.4. The van der Waals surface area contributed by atoms with Crippen LogP contribution in [0.4, 0.5) is 27.6 Å². The molecule has 2 atom stereocenters. The molecule has 2 aromatic rings. The van der Waals surface area contributed by atoms with E-state index in [0.717, 1.165) is 30.7 Å². The number of nitrogens with zero attached hydrogens (tertiary/aromatic N) is 4. The molecule has 1 N–H and O–H groups in total. The Labute approximate surface area is 254 Å². The van der Waals surface area contributed by atoms with Crippen molar-refractivity contribution in [1.82, 2.24) is 9.62 Å². The number of alkyl halides is 3. The second kappa shape index (κ2) is 13.7. The van der Waals surface area contributed by atoms with Crippen LogP contribution in [0, 0.1) is 11.6 Å². The second-order valence-corrected chi connectivity index (χ2v) is 12.7. The molecule has 0 bridgehead atoms. The molecule has 14 heteroatoms. The fourth-order valence-electron chi connectivity index (χ4n) is 5.93. The summed E-state index contributed by atoms with van der Waals surface area (Å²) in [6, 6.07) is 7.29. The first kappa shape index (κ1) is 33.5. The lowest BCUT2D eigenvalue weighted by Gasteiger charge is -2.51. The van der Waals surface area contributed by atoms with Gasteiger partial charge in [-0.25, -0.2) is 22.2 Å². The quantitative estimate of drug-likeness (QED) is 0.270. The van der Waals surface area contributed by atoms with Gasteiger partial charge < -0.3 is 9.64 Å². The van der Waals surface area contributed by atoms with Gasteiger partial charge in [-0.05, 0) is 75.7 Å². The number of rotatable bonds is 11. The summed E-state index contributed by atoms with van der Waals surface area (Å²) in [5.41, 5.74) is -0.569. The van der Waals surface area contributed by atoms with Crippen molar-refractivity contribution in [3.8, 4) is 0 Å². The molecule has 2 fully saturated rings. The van der Waals surface area contributed by atoms with E-state index in [-0.39, 0.29) is 17.6 Å².